The highest BCUT2D eigenvalue weighted by molar-refractivity contribution is 7.89. The van der Waals surface area contributed by atoms with Gasteiger partial charge in [-0.1, -0.05) is 32.0 Å². The minimum Gasteiger partial charge on any atom is -0.496 e. The number of nitrogens with one attached hydrogen (secondary N) is 1. The average Bonchev–Trinajstić information content (AvgIpc) is 2.59. The molecule has 2 aromatic rings. The van der Waals surface area contributed by atoms with Gasteiger partial charge in [-0.05, 0) is 48.2 Å². The van der Waals surface area contributed by atoms with Gasteiger partial charge in [0.05, 0.1) is 12.0 Å². The third kappa shape index (κ3) is 4.96. The van der Waals surface area contributed by atoms with E-state index in [4.69, 9.17) is 9.47 Å². The highest BCUT2D eigenvalue weighted by Crippen LogP contribution is 2.25. The Bertz CT molecular complexity index is 816. The van der Waals surface area contributed by atoms with Gasteiger partial charge in [-0.15, -0.1) is 0 Å². The van der Waals surface area contributed by atoms with Crippen LogP contribution in [-0.4, -0.2) is 28.7 Å². The number of ether oxygens (including phenoxy) is 2. The van der Waals surface area contributed by atoms with E-state index in [1.54, 1.807) is 19.2 Å². The van der Waals surface area contributed by atoms with Crippen LogP contribution in [0.5, 0.6) is 11.5 Å². The van der Waals surface area contributed by atoms with Gasteiger partial charge in [0.1, 0.15) is 18.1 Å². The van der Waals surface area contributed by atoms with Crippen molar-refractivity contribution in [2.24, 2.45) is 0 Å². The van der Waals surface area contributed by atoms with Crippen molar-refractivity contribution in [1.82, 2.24) is 4.72 Å². The van der Waals surface area contributed by atoms with Gasteiger partial charge in [-0.2, -0.15) is 0 Å². The van der Waals surface area contributed by atoms with E-state index in [-0.39, 0.29) is 18.0 Å². The Balaban J connectivity index is 1.96. The largest absolute Gasteiger partial charge is 0.496 e. The summed E-state index contributed by atoms with van der Waals surface area (Å²) in [5.74, 6) is 1.79. The first-order chi connectivity index (χ1) is 11.8. The molecule has 0 saturated carbocycles. The number of para-hydroxylation sites is 1. The summed E-state index contributed by atoms with van der Waals surface area (Å²) in [4.78, 5) is 0.216. The molecule has 0 saturated heterocycles. The van der Waals surface area contributed by atoms with Crippen molar-refractivity contribution < 1.29 is 17.9 Å². The predicted octanol–water partition coefficient (Wildman–Crippen LogP) is 3.48. The lowest BCUT2D eigenvalue weighted by molar-refractivity contribution is 0.318. The zero-order chi connectivity index (χ0) is 18.4. The Morgan fingerprint density at radius 1 is 1.08 bits per heavy atom. The molecule has 0 aliphatic carbocycles. The predicted molar refractivity (Wildman–Crippen MR) is 98.9 cm³/mol. The Morgan fingerprint density at radius 2 is 1.80 bits per heavy atom. The first-order valence-corrected chi connectivity index (χ1v) is 9.69. The summed E-state index contributed by atoms with van der Waals surface area (Å²) in [6, 6.07) is 12.6. The van der Waals surface area contributed by atoms with Crippen LogP contribution < -0.4 is 14.2 Å². The molecule has 0 amide bonds. The van der Waals surface area contributed by atoms with E-state index >= 15 is 0 Å². The number of benzene rings is 2. The van der Waals surface area contributed by atoms with Crippen LogP contribution in [-0.2, 0) is 10.0 Å². The fraction of sp³-hybridized carbons (Fsp3) is 0.368. The fourth-order valence-corrected chi connectivity index (χ4v) is 3.63. The zero-order valence-corrected chi connectivity index (χ0v) is 15.9. The van der Waals surface area contributed by atoms with Crippen molar-refractivity contribution in [3.63, 3.8) is 0 Å². The monoisotopic (exact) mass is 363 g/mol. The van der Waals surface area contributed by atoms with Crippen molar-refractivity contribution in [2.75, 3.05) is 20.3 Å². The maximum absolute atomic E-state index is 12.4. The molecule has 2 aromatic carbocycles. The summed E-state index contributed by atoms with van der Waals surface area (Å²) < 4.78 is 38.2. The minimum absolute atomic E-state index is 0.194. The zero-order valence-electron chi connectivity index (χ0n) is 15.1. The molecule has 0 spiro atoms. The summed E-state index contributed by atoms with van der Waals surface area (Å²) in [7, 11) is -2.02. The quantitative estimate of drug-likeness (QED) is 0.729. The molecule has 0 aliphatic heterocycles. The van der Waals surface area contributed by atoms with Gasteiger partial charge in [-0.3, -0.25) is 0 Å². The molecular weight excluding hydrogens is 338 g/mol. The number of rotatable bonds is 8. The molecule has 25 heavy (non-hydrogen) atoms. The molecule has 1 N–H and O–H groups in total. The van der Waals surface area contributed by atoms with Crippen molar-refractivity contribution in [2.45, 2.75) is 31.6 Å². The molecule has 0 aliphatic rings. The molecule has 2 rings (SSSR count). The molecule has 0 bridgehead atoms. The van der Waals surface area contributed by atoms with E-state index in [1.807, 2.05) is 31.2 Å². The third-order valence-corrected chi connectivity index (χ3v) is 5.33. The fourth-order valence-electron chi connectivity index (χ4n) is 2.53. The molecule has 6 heteroatoms. The Morgan fingerprint density at radius 3 is 2.44 bits per heavy atom. The number of methoxy groups -OCH3 is 1. The van der Waals surface area contributed by atoms with Gasteiger partial charge in [0.2, 0.25) is 10.0 Å². The highest BCUT2D eigenvalue weighted by Gasteiger charge is 2.15. The van der Waals surface area contributed by atoms with E-state index < -0.39 is 10.0 Å². The first kappa shape index (κ1) is 19.3. The smallest absolute Gasteiger partial charge is 0.240 e. The van der Waals surface area contributed by atoms with E-state index in [2.05, 4.69) is 18.6 Å². The maximum atomic E-state index is 12.4. The summed E-state index contributed by atoms with van der Waals surface area (Å²) in [6.07, 6.45) is 0. The first-order valence-electron chi connectivity index (χ1n) is 8.21. The number of hydrogen-bond donors (Lipinski definition) is 1. The molecule has 136 valence electrons. The SMILES string of the molecule is COc1ccc(S(=O)(=O)NCCOc2ccccc2C(C)C)cc1C. The second-order valence-electron chi connectivity index (χ2n) is 6.07. The maximum Gasteiger partial charge on any atom is 0.240 e. The minimum atomic E-state index is -3.57. The van der Waals surface area contributed by atoms with Crippen LogP contribution in [0.1, 0.15) is 30.9 Å². The van der Waals surface area contributed by atoms with Crippen molar-refractivity contribution >= 4 is 10.0 Å². The standard InChI is InChI=1S/C19H25NO4S/c1-14(2)17-7-5-6-8-19(17)24-12-11-20-25(21,22)16-9-10-18(23-4)15(3)13-16/h5-10,13-14,20H,11-12H2,1-4H3. The average molecular weight is 363 g/mol. The molecular formula is C19H25NO4S. The van der Waals surface area contributed by atoms with Gasteiger partial charge in [-0.25, -0.2) is 13.1 Å². The molecule has 5 nitrogen and oxygen atoms in total. The van der Waals surface area contributed by atoms with Gasteiger partial charge >= 0.3 is 0 Å². The number of hydrogen-bond acceptors (Lipinski definition) is 4. The normalized spacial score (nSPS) is 11.6. The van der Waals surface area contributed by atoms with Crippen LogP contribution in [0.15, 0.2) is 47.4 Å². The Labute approximate surface area is 150 Å². The molecule has 0 radical (unpaired) electrons. The van der Waals surface area contributed by atoms with Crippen LogP contribution in [0, 0.1) is 6.92 Å². The highest BCUT2D eigenvalue weighted by atomic mass is 32.2. The summed E-state index contributed by atoms with van der Waals surface area (Å²) in [6.45, 7) is 6.45. The molecule has 0 fully saturated rings. The number of sulfonamides is 1. The second-order valence-corrected chi connectivity index (χ2v) is 7.84. The topological polar surface area (TPSA) is 64.6 Å². The lowest BCUT2D eigenvalue weighted by atomic mass is 10.0. The molecule has 0 atom stereocenters. The van der Waals surface area contributed by atoms with Crippen LogP contribution in [0.4, 0.5) is 0 Å². The van der Waals surface area contributed by atoms with Gasteiger partial charge < -0.3 is 9.47 Å². The van der Waals surface area contributed by atoms with Crippen molar-refractivity contribution in [1.29, 1.82) is 0 Å². The van der Waals surface area contributed by atoms with Gasteiger partial charge in [0.25, 0.3) is 0 Å². The summed E-state index contributed by atoms with van der Waals surface area (Å²) >= 11 is 0. The van der Waals surface area contributed by atoms with E-state index in [0.29, 0.717) is 11.7 Å². The van der Waals surface area contributed by atoms with Crippen LogP contribution in [0.25, 0.3) is 0 Å². The summed E-state index contributed by atoms with van der Waals surface area (Å²) in [5.41, 5.74) is 1.88. The van der Waals surface area contributed by atoms with E-state index in [1.165, 1.54) is 6.07 Å². The van der Waals surface area contributed by atoms with E-state index in [9.17, 15) is 8.42 Å². The third-order valence-electron chi connectivity index (χ3n) is 3.87. The lowest BCUT2D eigenvalue weighted by Crippen LogP contribution is -2.28. The van der Waals surface area contributed by atoms with Crippen LogP contribution in [0.2, 0.25) is 0 Å². The van der Waals surface area contributed by atoms with Crippen molar-refractivity contribution in [3.8, 4) is 11.5 Å². The van der Waals surface area contributed by atoms with Gasteiger partial charge in [0, 0.05) is 6.54 Å². The molecule has 0 unspecified atom stereocenters. The Hall–Kier alpha value is -2.05. The molecule has 0 aromatic heterocycles. The second kappa shape index (κ2) is 8.36. The van der Waals surface area contributed by atoms with Crippen molar-refractivity contribution in [3.05, 3.63) is 53.6 Å². The molecule has 0 heterocycles. The van der Waals surface area contributed by atoms with Crippen LogP contribution >= 0.6 is 0 Å². The summed E-state index contributed by atoms with van der Waals surface area (Å²) in [5, 5.41) is 0. The lowest BCUT2D eigenvalue weighted by Gasteiger charge is -2.14. The number of aryl methyl sites for hydroxylation is 1. The van der Waals surface area contributed by atoms with Crippen LogP contribution in [0.3, 0.4) is 0 Å². The Kier molecular flexibility index (Phi) is 6.45. The van der Waals surface area contributed by atoms with E-state index in [0.717, 1.165) is 16.9 Å². The van der Waals surface area contributed by atoms with Gasteiger partial charge in [0.15, 0.2) is 0 Å².